The van der Waals surface area contributed by atoms with Gasteiger partial charge >= 0.3 is 5.97 Å². The summed E-state index contributed by atoms with van der Waals surface area (Å²) in [7, 11) is 1.61. The predicted octanol–water partition coefficient (Wildman–Crippen LogP) is 1.53. The Morgan fingerprint density at radius 1 is 1.24 bits per heavy atom. The number of hydrogen-bond acceptors (Lipinski definition) is 4. The third-order valence-electron chi connectivity index (χ3n) is 2.90. The Kier molecular flexibility index (Phi) is 6.68. The lowest BCUT2D eigenvalue weighted by Gasteiger charge is -2.13. The fourth-order valence-electron chi connectivity index (χ4n) is 1.93. The number of carbonyl (C=O) groups excluding carboxylic acids is 1. The molecule has 6 heteroatoms. The van der Waals surface area contributed by atoms with Gasteiger partial charge in [-0.3, -0.25) is 4.79 Å². The van der Waals surface area contributed by atoms with Crippen molar-refractivity contribution < 1.29 is 24.2 Å². The van der Waals surface area contributed by atoms with Crippen LogP contribution in [0, 0.1) is 13.8 Å². The van der Waals surface area contributed by atoms with E-state index in [9.17, 15) is 9.59 Å². The van der Waals surface area contributed by atoms with Crippen molar-refractivity contribution in [2.24, 2.45) is 0 Å². The molecule has 0 radical (unpaired) electrons. The molecule has 0 unspecified atom stereocenters. The second kappa shape index (κ2) is 8.26. The van der Waals surface area contributed by atoms with Crippen molar-refractivity contribution in [1.82, 2.24) is 5.32 Å². The van der Waals surface area contributed by atoms with Gasteiger partial charge in [0.05, 0.1) is 5.56 Å². The molecule has 1 rings (SSSR count). The number of benzene rings is 1. The summed E-state index contributed by atoms with van der Waals surface area (Å²) in [6.07, 6.45) is 0.744. The van der Waals surface area contributed by atoms with Gasteiger partial charge in [0.1, 0.15) is 5.75 Å². The normalized spacial score (nSPS) is 10.2. The van der Waals surface area contributed by atoms with Gasteiger partial charge in [0.15, 0.2) is 6.61 Å². The molecule has 116 valence electrons. The van der Waals surface area contributed by atoms with E-state index in [1.807, 2.05) is 0 Å². The van der Waals surface area contributed by atoms with E-state index in [4.69, 9.17) is 14.6 Å². The van der Waals surface area contributed by atoms with Crippen LogP contribution in [0.1, 0.15) is 27.9 Å². The number of carboxylic acids is 1. The molecular formula is C15H21NO5. The van der Waals surface area contributed by atoms with Crippen LogP contribution in [-0.4, -0.2) is 43.9 Å². The van der Waals surface area contributed by atoms with Crippen molar-refractivity contribution in [1.29, 1.82) is 0 Å². The molecule has 0 atom stereocenters. The fraction of sp³-hybridized carbons (Fsp3) is 0.467. The van der Waals surface area contributed by atoms with E-state index in [0.29, 0.717) is 30.0 Å². The van der Waals surface area contributed by atoms with Crippen molar-refractivity contribution in [3.63, 3.8) is 0 Å². The number of aryl methyl sites for hydroxylation is 2. The first-order chi connectivity index (χ1) is 9.95. The van der Waals surface area contributed by atoms with Crippen molar-refractivity contribution in [2.75, 3.05) is 26.9 Å². The van der Waals surface area contributed by atoms with Crippen LogP contribution in [0.5, 0.6) is 5.75 Å². The van der Waals surface area contributed by atoms with Gasteiger partial charge in [-0.2, -0.15) is 0 Å². The predicted molar refractivity (Wildman–Crippen MR) is 77.9 cm³/mol. The van der Waals surface area contributed by atoms with Gasteiger partial charge < -0.3 is 19.9 Å². The third kappa shape index (κ3) is 5.43. The minimum Gasteiger partial charge on any atom is -0.483 e. The zero-order valence-corrected chi connectivity index (χ0v) is 12.6. The number of nitrogens with one attached hydrogen (secondary N) is 1. The summed E-state index contributed by atoms with van der Waals surface area (Å²) in [4.78, 5) is 22.5. The maximum absolute atomic E-state index is 11.6. The molecule has 2 N–H and O–H groups in total. The number of rotatable bonds is 8. The monoisotopic (exact) mass is 295 g/mol. The van der Waals surface area contributed by atoms with Crippen molar-refractivity contribution in [3.8, 4) is 5.75 Å². The van der Waals surface area contributed by atoms with Gasteiger partial charge in [-0.25, -0.2) is 4.79 Å². The molecule has 0 heterocycles. The zero-order chi connectivity index (χ0) is 15.8. The van der Waals surface area contributed by atoms with Gasteiger partial charge in [0.25, 0.3) is 5.91 Å². The van der Waals surface area contributed by atoms with Crippen molar-refractivity contribution >= 4 is 11.9 Å². The Morgan fingerprint density at radius 3 is 2.38 bits per heavy atom. The summed E-state index contributed by atoms with van der Waals surface area (Å²) >= 11 is 0. The highest BCUT2D eigenvalue weighted by Crippen LogP contribution is 2.24. The molecule has 0 bridgehead atoms. The van der Waals surface area contributed by atoms with Crippen LogP contribution in [0.2, 0.25) is 0 Å². The summed E-state index contributed by atoms with van der Waals surface area (Å²) < 4.78 is 10.4. The van der Waals surface area contributed by atoms with E-state index in [1.54, 1.807) is 21.0 Å². The molecule has 0 aliphatic heterocycles. The number of carbonyl (C=O) groups is 2. The molecule has 0 fully saturated rings. The Morgan fingerprint density at radius 2 is 1.86 bits per heavy atom. The van der Waals surface area contributed by atoms with E-state index in [2.05, 4.69) is 5.32 Å². The van der Waals surface area contributed by atoms with Crippen LogP contribution >= 0.6 is 0 Å². The van der Waals surface area contributed by atoms with Crippen LogP contribution in [0.15, 0.2) is 12.1 Å². The topological polar surface area (TPSA) is 84.9 Å². The molecule has 0 aliphatic carbocycles. The van der Waals surface area contributed by atoms with Crippen LogP contribution in [0.3, 0.4) is 0 Å². The highest BCUT2D eigenvalue weighted by molar-refractivity contribution is 5.88. The standard InChI is InChI=1S/C15H21NO5/c1-10-7-12(15(18)19)8-11(2)14(10)21-9-13(17)16-5-4-6-20-3/h7-8H,4-6,9H2,1-3H3,(H,16,17)(H,18,19). The number of carboxylic acid groups (broad SMARTS) is 1. The molecule has 0 saturated heterocycles. The summed E-state index contributed by atoms with van der Waals surface area (Å²) in [5.41, 5.74) is 1.60. The summed E-state index contributed by atoms with van der Waals surface area (Å²) in [6, 6.07) is 3.06. The smallest absolute Gasteiger partial charge is 0.335 e. The van der Waals surface area contributed by atoms with E-state index >= 15 is 0 Å². The van der Waals surface area contributed by atoms with E-state index in [0.717, 1.165) is 6.42 Å². The quantitative estimate of drug-likeness (QED) is 0.710. The highest BCUT2D eigenvalue weighted by atomic mass is 16.5. The average molecular weight is 295 g/mol. The zero-order valence-electron chi connectivity index (χ0n) is 12.6. The van der Waals surface area contributed by atoms with Crippen molar-refractivity contribution in [3.05, 3.63) is 28.8 Å². The Labute approximate surface area is 124 Å². The van der Waals surface area contributed by atoms with Gasteiger partial charge in [-0.05, 0) is 43.5 Å². The maximum Gasteiger partial charge on any atom is 0.335 e. The van der Waals surface area contributed by atoms with Gasteiger partial charge in [-0.1, -0.05) is 0 Å². The van der Waals surface area contributed by atoms with E-state index in [-0.39, 0.29) is 18.1 Å². The van der Waals surface area contributed by atoms with E-state index in [1.165, 1.54) is 12.1 Å². The molecule has 0 aromatic heterocycles. The summed E-state index contributed by atoms with van der Waals surface area (Å²) in [5.74, 6) is -0.650. The molecule has 6 nitrogen and oxygen atoms in total. The maximum atomic E-state index is 11.6. The summed E-state index contributed by atoms with van der Waals surface area (Å²) in [5, 5.41) is 11.7. The minimum absolute atomic E-state index is 0.0962. The molecule has 0 saturated carbocycles. The fourth-order valence-corrected chi connectivity index (χ4v) is 1.93. The highest BCUT2D eigenvalue weighted by Gasteiger charge is 2.12. The molecule has 21 heavy (non-hydrogen) atoms. The second-order valence-electron chi connectivity index (χ2n) is 4.73. The van der Waals surface area contributed by atoms with Crippen LogP contribution in [0.4, 0.5) is 0 Å². The largest absolute Gasteiger partial charge is 0.483 e. The second-order valence-corrected chi connectivity index (χ2v) is 4.73. The lowest BCUT2D eigenvalue weighted by Crippen LogP contribution is -2.30. The van der Waals surface area contributed by atoms with Crippen LogP contribution in [-0.2, 0) is 9.53 Å². The minimum atomic E-state index is -0.983. The molecule has 0 aliphatic rings. The number of hydrogen-bond donors (Lipinski definition) is 2. The van der Waals surface area contributed by atoms with Gasteiger partial charge in [0, 0.05) is 20.3 Å². The number of aromatic carboxylic acids is 1. The lowest BCUT2D eigenvalue weighted by molar-refractivity contribution is -0.123. The Bertz CT molecular complexity index is 490. The van der Waals surface area contributed by atoms with E-state index < -0.39 is 5.97 Å². The van der Waals surface area contributed by atoms with Gasteiger partial charge in [0.2, 0.25) is 0 Å². The van der Waals surface area contributed by atoms with Crippen LogP contribution < -0.4 is 10.1 Å². The Hall–Kier alpha value is -2.08. The number of ether oxygens (including phenoxy) is 2. The molecule has 1 amide bonds. The van der Waals surface area contributed by atoms with Crippen LogP contribution in [0.25, 0.3) is 0 Å². The third-order valence-corrected chi connectivity index (χ3v) is 2.90. The average Bonchev–Trinajstić information content (AvgIpc) is 2.42. The number of amides is 1. The Balaban J connectivity index is 2.55. The number of methoxy groups -OCH3 is 1. The lowest BCUT2D eigenvalue weighted by atomic mass is 10.1. The molecule has 0 spiro atoms. The summed E-state index contributed by atoms with van der Waals surface area (Å²) in [6.45, 7) is 4.54. The molecule has 1 aromatic carbocycles. The van der Waals surface area contributed by atoms with Crippen molar-refractivity contribution in [2.45, 2.75) is 20.3 Å². The first-order valence-electron chi connectivity index (χ1n) is 6.68. The molecule has 1 aromatic rings. The first kappa shape index (κ1) is 17.0. The SMILES string of the molecule is COCCCNC(=O)COc1c(C)cc(C(=O)O)cc1C. The molecular weight excluding hydrogens is 274 g/mol. The van der Waals surface area contributed by atoms with Gasteiger partial charge in [-0.15, -0.1) is 0 Å². The first-order valence-corrected chi connectivity index (χ1v) is 6.68.